The molecule has 26 heavy (non-hydrogen) atoms. The largest absolute Gasteiger partial charge is 0.486 e. The van der Waals surface area contributed by atoms with E-state index in [1.807, 2.05) is 0 Å². The number of ether oxygens (including phenoxy) is 1. The second-order valence-electron chi connectivity index (χ2n) is 5.49. The SMILES string of the molecule is Nc1cc(OCc2c(F)cc(-c3cccnc3)cc2F)c2n[nH]nc2n1. The third-order valence-corrected chi connectivity index (χ3v) is 3.78. The summed E-state index contributed by atoms with van der Waals surface area (Å²) in [6, 6.07) is 7.32. The smallest absolute Gasteiger partial charge is 0.207 e. The molecule has 9 heteroatoms. The number of aromatic amines is 1. The molecule has 0 aliphatic rings. The first-order valence-electron chi connectivity index (χ1n) is 7.60. The molecular weight excluding hydrogens is 342 g/mol. The van der Waals surface area contributed by atoms with Gasteiger partial charge >= 0.3 is 0 Å². The lowest BCUT2D eigenvalue weighted by Crippen LogP contribution is -2.04. The van der Waals surface area contributed by atoms with Crippen molar-refractivity contribution in [1.82, 2.24) is 25.4 Å². The van der Waals surface area contributed by atoms with Crippen molar-refractivity contribution >= 4 is 17.0 Å². The van der Waals surface area contributed by atoms with Crippen LogP contribution < -0.4 is 10.5 Å². The Morgan fingerprint density at radius 2 is 1.88 bits per heavy atom. The van der Waals surface area contributed by atoms with Gasteiger partial charge in [-0.3, -0.25) is 4.98 Å². The molecule has 0 saturated carbocycles. The highest BCUT2D eigenvalue weighted by Crippen LogP contribution is 2.27. The van der Waals surface area contributed by atoms with Crippen molar-refractivity contribution in [2.75, 3.05) is 5.73 Å². The number of nitrogens with zero attached hydrogens (tertiary/aromatic N) is 4. The Hall–Kier alpha value is -3.62. The van der Waals surface area contributed by atoms with Gasteiger partial charge in [0.15, 0.2) is 11.3 Å². The van der Waals surface area contributed by atoms with Crippen LogP contribution in [0, 0.1) is 11.6 Å². The minimum atomic E-state index is -0.720. The van der Waals surface area contributed by atoms with Gasteiger partial charge in [-0.15, -0.1) is 5.10 Å². The number of nitrogen functional groups attached to an aromatic ring is 1. The summed E-state index contributed by atoms with van der Waals surface area (Å²) >= 11 is 0. The molecule has 3 N–H and O–H groups in total. The summed E-state index contributed by atoms with van der Waals surface area (Å²) in [6.45, 7) is -0.337. The maximum atomic E-state index is 14.4. The van der Waals surface area contributed by atoms with Crippen LogP contribution in [0.3, 0.4) is 0 Å². The van der Waals surface area contributed by atoms with Gasteiger partial charge in [-0.05, 0) is 23.8 Å². The quantitative estimate of drug-likeness (QED) is 0.584. The molecule has 7 nitrogen and oxygen atoms in total. The Balaban J connectivity index is 1.63. The standard InChI is InChI=1S/C17H12F2N6O/c18-12-4-10(9-2-1-3-21-7-9)5-13(19)11(12)8-26-14-6-15(20)22-17-16(14)23-25-24-17/h1-7H,8H2,(H3,20,22,23,24,25). The van der Waals surface area contributed by atoms with Crippen molar-refractivity contribution in [3.05, 3.63) is 59.9 Å². The number of pyridine rings is 2. The minimum Gasteiger partial charge on any atom is -0.486 e. The van der Waals surface area contributed by atoms with E-state index in [1.165, 1.54) is 24.4 Å². The fraction of sp³-hybridized carbons (Fsp3) is 0.0588. The lowest BCUT2D eigenvalue weighted by Gasteiger charge is -2.10. The number of anilines is 1. The van der Waals surface area contributed by atoms with Gasteiger partial charge < -0.3 is 10.5 Å². The molecule has 0 saturated heterocycles. The molecule has 0 atom stereocenters. The summed E-state index contributed by atoms with van der Waals surface area (Å²) < 4.78 is 34.4. The summed E-state index contributed by atoms with van der Waals surface area (Å²) in [4.78, 5) is 7.92. The van der Waals surface area contributed by atoms with Gasteiger partial charge in [0, 0.05) is 24.0 Å². The molecule has 0 aliphatic heterocycles. The van der Waals surface area contributed by atoms with E-state index >= 15 is 0 Å². The van der Waals surface area contributed by atoms with Crippen molar-refractivity contribution < 1.29 is 13.5 Å². The predicted octanol–water partition coefficient (Wildman–Crippen LogP) is 2.85. The molecule has 0 aliphatic carbocycles. The van der Waals surface area contributed by atoms with Crippen LogP contribution in [0.4, 0.5) is 14.6 Å². The molecule has 0 spiro atoms. The van der Waals surface area contributed by atoms with Crippen LogP contribution in [-0.2, 0) is 6.61 Å². The number of H-pyrrole nitrogens is 1. The number of hydrogen-bond acceptors (Lipinski definition) is 6. The van der Waals surface area contributed by atoms with Crippen molar-refractivity contribution in [2.45, 2.75) is 6.61 Å². The zero-order valence-electron chi connectivity index (χ0n) is 13.3. The van der Waals surface area contributed by atoms with E-state index in [-0.39, 0.29) is 29.4 Å². The molecule has 0 fully saturated rings. The molecular formula is C17H12F2N6O. The van der Waals surface area contributed by atoms with Gasteiger partial charge in [0.05, 0.1) is 5.56 Å². The molecule has 130 valence electrons. The molecule has 4 rings (SSSR count). The molecule has 0 radical (unpaired) electrons. The molecule has 0 amide bonds. The summed E-state index contributed by atoms with van der Waals surface area (Å²) in [7, 11) is 0. The Morgan fingerprint density at radius 3 is 2.62 bits per heavy atom. The van der Waals surface area contributed by atoms with Crippen molar-refractivity contribution in [3.63, 3.8) is 0 Å². The Bertz CT molecular complexity index is 1060. The van der Waals surface area contributed by atoms with Crippen LogP contribution in [0.15, 0.2) is 42.7 Å². The normalized spacial score (nSPS) is 11.0. The van der Waals surface area contributed by atoms with Gasteiger partial charge in [0.2, 0.25) is 5.65 Å². The number of nitrogens with one attached hydrogen (secondary N) is 1. The zero-order chi connectivity index (χ0) is 18.1. The number of hydrogen-bond donors (Lipinski definition) is 2. The highest BCUT2D eigenvalue weighted by atomic mass is 19.1. The first-order chi connectivity index (χ1) is 12.6. The van der Waals surface area contributed by atoms with Gasteiger partial charge in [0.1, 0.15) is 24.1 Å². The summed E-state index contributed by atoms with van der Waals surface area (Å²) in [5, 5.41) is 10.1. The second-order valence-corrected chi connectivity index (χ2v) is 5.49. The first-order valence-corrected chi connectivity index (χ1v) is 7.60. The molecule has 0 unspecified atom stereocenters. The Kier molecular flexibility index (Phi) is 3.88. The number of benzene rings is 1. The second kappa shape index (κ2) is 6.36. The Morgan fingerprint density at radius 1 is 1.08 bits per heavy atom. The van der Waals surface area contributed by atoms with Crippen LogP contribution in [-0.4, -0.2) is 25.4 Å². The molecule has 0 bridgehead atoms. The lowest BCUT2D eigenvalue weighted by atomic mass is 10.0. The summed E-state index contributed by atoms with van der Waals surface area (Å²) in [5.74, 6) is -1.05. The molecule has 4 aromatic rings. The number of rotatable bonds is 4. The molecule has 3 aromatic heterocycles. The highest BCUT2D eigenvalue weighted by molar-refractivity contribution is 5.78. The predicted molar refractivity (Wildman–Crippen MR) is 90.0 cm³/mol. The van der Waals surface area contributed by atoms with Crippen LogP contribution in [0.5, 0.6) is 5.75 Å². The van der Waals surface area contributed by atoms with Crippen LogP contribution in [0.1, 0.15) is 5.56 Å². The average molecular weight is 354 g/mol. The maximum absolute atomic E-state index is 14.4. The highest BCUT2D eigenvalue weighted by Gasteiger charge is 2.15. The van der Waals surface area contributed by atoms with E-state index < -0.39 is 11.6 Å². The fourth-order valence-electron chi connectivity index (χ4n) is 2.53. The number of aromatic nitrogens is 5. The topological polar surface area (TPSA) is 103 Å². The lowest BCUT2D eigenvalue weighted by molar-refractivity contribution is 0.295. The van der Waals surface area contributed by atoms with E-state index in [1.54, 1.807) is 18.3 Å². The minimum absolute atomic E-state index is 0.161. The summed E-state index contributed by atoms with van der Waals surface area (Å²) in [6.07, 6.45) is 3.12. The Labute approximate surface area is 145 Å². The number of halogens is 2. The van der Waals surface area contributed by atoms with Crippen molar-refractivity contribution in [1.29, 1.82) is 0 Å². The van der Waals surface area contributed by atoms with Gasteiger partial charge in [0.25, 0.3) is 0 Å². The first kappa shape index (κ1) is 15.9. The third kappa shape index (κ3) is 2.90. The average Bonchev–Trinajstić information content (AvgIpc) is 3.10. The fourth-order valence-corrected chi connectivity index (χ4v) is 2.53. The monoisotopic (exact) mass is 354 g/mol. The van der Waals surface area contributed by atoms with Gasteiger partial charge in [-0.2, -0.15) is 10.3 Å². The zero-order valence-corrected chi connectivity index (χ0v) is 13.3. The van der Waals surface area contributed by atoms with E-state index in [0.717, 1.165) is 0 Å². The van der Waals surface area contributed by atoms with E-state index in [0.29, 0.717) is 16.6 Å². The van der Waals surface area contributed by atoms with Crippen molar-refractivity contribution in [2.24, 2.45) is 0 Å². The number of nitrogens with two attached hydrogens (primary N) is 1. The summed E-state index contributed by atoms with van der Waals surface area (Å²) in [5.41, 5.74) is 7.06. The van der Waals surface area contributed by atoms with E-state index in [4.69, 9.17) is 10.5 Å². The number of fused-ring (bicyclic) bond motifs is 1. The van der Waals surface area contributed by atoms with E-state index in [9.17, 15) is 8.78 Å². The van der Waals surface area contributed by atoms with Gasteiger partial charge in [-0.1, -0.05) is 6.07 Å². The van der Waals surface area contributed by atoms with Crippen LogP contribution >= 0.6 is 0 Å². The van der Waals surface area contributed by atoms with Crippen LogP contribution in [0.2, 0.25) is 0 Å². The maximum Gasteiger partial charge on any atom is 0.207 e. The molecule has 1 aromatic carbocycles. The van der Waals surface area contributed by atoms with E-state index in [2.05, 4.69) is 25.4 Å². The third-order valence-electron chi connectivity index (χ3n) is 3.78. The van der Waals surface area contributed by atoms with Crippen molar-refractivity contribution in [3.8, 4) is 16.9 Å². The van der Waals surface area contributed by atoms with Crippen LogP contribution in [0.25, 0.3) is 22.3 Å². The molecule has 3 heterocycles. The van der Waals surface area contributed by atoms with Gasteiger partial charge in [-0.25, -0.2) is 13.8 Å².